The van der Waals surface area contributed by atoms with Crippen LogP contribution < -0.4 is 0 Å². The zero-order valence-corrected chi connectivity index (χ0v) is 19.1. The van der Waals surface area contributed by atoms with Crippen molar-refractivity contribution in [1.82, 2.24) is 4.98 Å². The van der Waals surface area contributed by atoms with Gasteiger partial charge in [0.1, 0.15) is 0 Å². The first-order chi connectivity index (χ1) is 14.2. The maximum atomic E-state index is 11.6. The van der Waals surface area contributed by atoms with Gasteiger partial charge in [-0.15, -0.1) is 0 Å². The lowest BCUT2D eigenvalue weighted by Crippen LogP contribution is -2.51. The lowest BCUT2D eigenvalue weighted by Gasteiger charge is -2.59. The summed E-state index contributed by atoms with van der Waals surface area (Å²) in [7, 11) is -3.38. The van der Waals surface area contributed by atoms with E-state index in [-0.39, 0.29) is 11.5 Å². The number of hydrogen-bond acceptors (Lipinski definition) is 4. The molecule has 1 aromatic heterocycles. The fourth-order valence-electron chi connectivity index (χ4n) is 7.48. The molecule has 3 fully saturated rings. The Balaban J connectivity index is 1.38. The number of allylic oxidation sites excluding steroid dienone is 4. The first-order valence-electron chi connectivity index (χ1n) is 11.4. The maximum Gasteiger partial charge on any atom is 0.264 e. The highest BCUT2D eigenvalue weighted by Crippen LogP contribution is 2.66. The first-order valence-corrected chi connectivity index (χ1v) is 13.2. The fourth-order valence-corrected chi connectivity index (χ4v) is 8.15. The second-order valence-corrected chi connectivity index (χ2v) is 12.1. The number of pyridine rings is 1. The van der Waals surface area contributed by atoms with Gasteiger partial charge in [-0.1, -0.05) is 37.6 Å². The van der Waals surface area contributed by atoms with E-state index < -0.39 is 10.1 Å². The Morgan fingerprint density at radius 2 is 1.93 bits per heavy atom. The number of aromatic nitrogens is 1. The third-order valence-electron chi connectivity index (χ3n) is 8.94. The molecule has 5 heteroatoms. The largest absolute Gasteiger partial charge is 0.267 e. The fraction of sp³-hybridized carbons (Fsp3) is 0.640. The molecule has 5 rings (SSSR count). The van der Waals surface area contributed by atoms with Crippen LogP contribution >= 0.6 is 0 Å². The van der Waals surface area contributed by atoms with E-state index in [0.29, 0.717) is 23.2 Å². The van der Waals surface area contributed by atoms with E-state index in [0.717, 1.165) is 19.3 Å². The highest BCUT2D eigenvalue weighted by Gasteiger charge is 2.56. The first kappa shape index (κ1) is 20.4. The van der Waals surface area contributed by atoms with Crippen molar-refractivity contribution >= 4 is 15.7 Å². The van der Waals surface area contributed by atoms with Gasteiger partial charge in [-0.3, -0.25) is 9.17 Å². The van der Waals surface area contributed by atoms with Crippen molar-refractivity contribution in [2.45, 2.75) is 64.9 Å². The Bertz CT molecular complexity index is 998. The zero-order chi connectivity index (χ0) is 21.1. The van der Waals surface area contributed by atoms with Gasteiger partial charge in [-0.25, -0.2) is 0 Å². The quantitative estimate of drug-likeness (QED) is 0.608. The summed E-state index contributed by atoms with van der Waals surface area (Å²) < 4.78 is 28.7. The summed E-state index contributed by atoms with van der Waals surface area (Å²) in [5, 5.41) is 0. The molecule has 1 heterocycles. The maximum absolute atomic E-state index is 11.6. The summed E-state index contributed by atoms with van der Waals surface area (Å²) in [5.41, 5.74) is 4.74. The van der Waals surface area contributed by atoms with Gasteiger partial charge in [0.15, 0.2) is 0 Å². The Morgan fingerprint density at radius 1 is 1.10 bits per heavy atom. The molecule has 0 amide bonds. The van der Waals surface area contributed by atoms with Crippen molar-refractivity contribution in [3.63, 3.8) is 0 Å². The molecule has 1 aromatic rings. The second-order valence-electron chi connectivity index (χ2n) is 10.5. The average Bonchev–Trinajstić information content (AvgIpc) is 3.05. The van der Waals surface area contributed by atoms with Crippen LogP contribution in [-0.2, 0) is 14.3 Å². The van der Waals surface area contributed by atoms with Gasteiger partial charge >= 0.3 is 0 Å². The van der Waals surface area contributed by atoms with Gasteiger partial charge in [0, 0.05) is 17.8 Å². The third-order valence-corrected chi connectivity index (χ3v) is 9.57. The smallest absolute Gasteiger partial charge is 0.264 e. The lowest BCUT2D eigenvalue weighted by molar-refractivity contribution is -0.0723. The molecule has 0 N–H and O–H groups in total. The predicted octanol–water partition coefficient (Wildman–Crippen LogP) is 5.38. The minimum Gasteiger partial charge on any atom is -0.267 e. The molecular weight excluding hydrogens is 394 g/mol. The molecule has 1 unspecified atom stereocenters. The van der Waals surface area contributed by atoms with Crippen LogP contribution in [-0.4, -0.2) is 25.8 Å². The van der Waals surface area contributed by atoms with E-state index in [9.17, 15) is 8.42 Å². The van der Waals surface area contributed by atoms with Crippen LogP contribution in [0, 0.1) is 28.6 Å². The molecule has 6 atom stereocenters. The van der Waals surface area contributed by atoms with E-state index in [1.807, 2.05) is 18.5 Å². The van der Waals surface area contributed by atoms with E-state index in [1.165, 1.54) is 43.1 Å². The molecule has 0 saturated heterocycles. The van der Waals surface area contributed by atoms with Crippen molar-refractivity contribution in [2.24, 2.45) is 28.6 Å². The molecule has 30 heavy (non-hydrogen) atoms. The van der Waals surface area contributed by atoms with Crippen molar-refractivity contribution in [3.8, 4) is 0 Å². The standard InChI is InChI=1S/C25H33NO3S/c1-24-12-10-19(29-30(3,27)28)15-18(24)6-7-20-22-9-8-21(17-5-4-14-26-16-17)25(22,2)13-11-23(20)24/h4-5,8-9,14,16,18-20,23H,6-7,10-13,15H2,1-3H3/t18?,19-,20-,23-,24-,25+/m0/s1. The SMILES string of the molecule is C[C@]12CC[C@H]3[C@@H](CCC4C[C@@H](OS(C)(=O)=O)CC[C@@]43C)C1=CC=C2c1cccnc1. The van der Waals surface area contributed by atoms with Crippen molar-refractivity contribution in [1.29, 1.82) is 0 Å². The van der Waals surface area contributed by atoms with E-state index in [2.05, 4.69) is 37.0 Å². The van der Waals surface area contributed by atoms with Crippen LogP contribution in [0.5, 0.6) is 0 Å². The second kappa shape index (κ2) is 7.03. The lowest BCUT2D eigenvalue weighted by atomic mass is 9.46. The molecule has 4 aliphatic rings. The molecule has 0 aliphatic heterocycles. The average molecular weight is 428 g/mol. The van der Waals surface area contributed by atoms with Gasteiger partial charge < -0.3 is 0 Å². The number of nitrogens with zero attached hydrogens (tertiary/aromatic N) is 1. The van der Waals surface area contributed by atoms with Crippen LogP contribution in [0.15, 0.2) is 42.3 Å². The molecular formula is C25H33NO3S. The minimum atomic E-state index is -3.38. The van der Waals surface area contributed by atoms with Crippen molar-refractivity contribution < 1.29 is 12.6 Å². The number of rotatable bonds is 3. The molecule has 0 spiro atoms. The molecule has 3 saturated carbocycles. The van der Waals surface area contributed by atoms with Gasteiger partial charge in [-0.05, 0) is 85.3 Å². The highest BCUT2D eigenvalue weighted by atomic mass is 32.2. The van der Waals surface area contributed by atoms with Crippen molar-refractivity contribution in [3.05, 3.63) is 47.8 Å². The van der Waals surface area contributed by atoms with Crippen LogP contribution in [0.3, 0.4) is 0 Å². The van der Waals surface area contributed by atoms with Crippen LogP contribution in [0.1, 0.15) is 64.4 Å². The minimum absolute atomic E-state index is 0.129. The molecule has 0 aromatic carbocycles. The monoisotopic (exact) mass is 427 g/mol. The van der Waals surface area contributed by atoms with Crippen LogP contribution in [0.25, 0.3) is 5.57 Å². The topological polar surface area (TPSA) is 56.3 Å². The zero-order valence-electron chi connectivity index (χ0n) is 18.3. The molecule has 4 aliphatic carbocycles. The molecule has 162 valence electrons. The Kier molecular flexibility index (Phi) is 4.79. The summed E-state index contributed by atoms with van der Waals surface area (Å²) in [6.07, 6.45) is 17.3. The van der Waals surface area contributed by atoms with Gasteiger partial charge in [0.25, 0.3) is 10.1 Å². The Morgan fingerprint density at radius 3 is 2.67 bits per heavy atom. The molecule has 0 radical (unpaired) electrons. The van der Waals surface area contributed by atoms with Crippen LogP contribution in [0.4, 0.5) is 0 Å². The predicted molar refractivity (Wildman–Crippen MR) is 119 cm³/mol. The number of fused-ring (bicyclic) bond motifs is 5. The van der Waals surface area contributed by atoms with Gasteiger partial charge in [0.05, 0.1) is 12.4 Å². The number of hydrogen-bond donors (Lipinski definition) is 0. The molecule has 0 bridgehead atoms. The summed E-state index contributed by atoms with van der Waals surface area (Å²) in [6.45, 7) is 4.92. The van der Waals surface area contributed by atoms with Crippen molar-refractivity contribution in [2.75, 3.05) is 6.26 Å². The Labute approximate surface area is 180 Å². The normalized spacial score (nSPS) is 40.6. The van der Waals surface area contributed by atoms with Gasteiger partial charge in [0.2, 0.25) is 0 Å². The summed E-state index contributed by atoms with van der Waals surface area (Å²) in [5.74, 6) is 1.90. The van der Waals surface area contributed by atoms with Gasteiger partial charge in [-0.2, -0.15) is 8.42 Å². The Hall–Kier alpha value is -1.46. The van der Waals surface area contributed by atoms with E-state index in [1.54, 1.807) is 5.57 Å². The highest BCUT2D eigenvalue weighted by molar-refractivity contribution is 7.86. The third kappa shape index (κ3) is 3.20. The summed E-state index contributed by atoms with van der Waals surface area (Å²) >= 11 is 0. The van der Waals surface area contributed by atoms with Crippen LogP contribution in [0.2, 0.25) is 0 Å². The van der Waals surface area contributed by atoms with E-state index >= 15 is 0 Å². The summed E-state index contributed by atoms with van der Waals surface area (Å²) in [6, 6.07) is 4.22. The molecule has 4 nitrogen and oxygen atoms in total. The van der Waals surface area contributed by atoms with E-state index in [4.69, 9.17) is 4.18 Å². The summed E-state index contributed by atoms with van der Waals surface area (Å²) in [4.78, 5) is 4.36.